The van der Waals surface area contributed by atoms with Gasteiger partial charge in [0, 0.05) is 47.7 Å². The quantitative estimate of drug-likeness (QED) is 0.859. The summed E-state index contributed by atoms with van der Waals surface area (Å²) in [6.45, 7) is 5.18. The van der Waals surface area contributed by atoms with Gasteiger partial charge in [0.1, 0.15) is 0 Å². The molecule has 0 spiro atoms. The third kappa shape index (κ3) is 4.66. The SMILES string of the molecule is Cc1cnccc1C(=O)N1CCC(C(C)C(=O)Nc2cccc(Cl)c2)CC1. The Labute approximate surface area is 164 Å². The van der Waals surface area contributed by atoms with Crippen LogP contribution in [0.2, 0.25) is 5.02 Å². The van der Waals surface area contributed by atoms with Crippen molar-refractivity contribution >= 4 is 29.1 Å². The van der Waals surface area contributed by atoms with Gasteiger partial charge in [-0.25, -0.2) is 0 Å². The van der Waals surface area contributed by atoms with Gasteiger partial charge in [-0.2, -0.15) is 0 Å². The lowest BCUT2D eigenvalue weighted by Crippen LogP contribution is -2.41. The minimum atomic E-state index is -0.121. The highest BCUT2D eigenvalue weighted by molar-refractivity contribution is 6.30. The Balaban J connectivity index is 1.56. The van der Waals surface area contributed by atoms with E-state index in [1.54, 1.807) is 30.6 Å². The summed E-state index contributed by atoms with van der Waals surface area (Å²) < 4.78 is 0. The van der Waals surface area contributed by atoms with Crippen LogP contribution in [0.1, 0.15) is 35.7 Å². The van der Waals surface area contributed by atoms with Crippen molar-refractivity contribution in [1.29, 1.82) is 0 Å². The van der Waals surface area contributed by atoms with E-state index in [0.29, 0.717) is 29.4 Å². The summed E-state index contributed by atoms with van der Waals surface area (Å²) in [5, 5.41) is 3.53. The third-order valence-corrected chi connectivity index (χ3v) is 5.53. The molecule has 1 saturated heterocycles. The van der Waals surface area contributed by atoms with E-state index >= 15 is 0 Å². The van der Waals surface area contributed by atoms with E-state index in [1.807, 2.05) is 30.9 Å². The molecule has 0 bridgehead atoms. The zero-order valence-corrected chi connectivity index (χ0v) is 16.4. The smallest absolute Gasteiger partial charge is 0.254 e. The number of hydrogen-bond acceptors (Lipinski definition) is 3. The maximum atomic E-state index is 12.7. The van der Waals surface area contributed by atoms with Crippen LogP contribution < -0.4 is 5.32 Å². The fraction of sp³-hybridized carbons (Fsp3) is 0.381. The number of carbonyl (C=O) groups excluding carboxylic acids is 2. The number of piperidine rings is 1. The molecule has 1 aromatic carbocycles. The standard InChI is InChI=1S/C21H24ClN3O2/c1-14-13-23-9-6-19(14)21(27)25-10-7-16(8-11-25)15(2)20(26)24-18-5-3-4-17(22)12-18/h3-6,9,12-13,15-16H,7-8,10-11H2,1-2H3,(H,24,26). The topological polar surface area (TPSA) is 62.3 Å². The Morgan fingerprint density at radius 2 is 2.00 bits per heavy atom. The van der Waals surface area contributed by atoms with E-state index in [0.717, 1.165) is 18.4 Å². The Bertz CT molecular complexity index is 832. The summed E-state index contributed by atoms with van der Waals surface area (Å²) >= 11 is 5.97. The highest BCUT2D eigenvalue weighted by Gasteiger charge is 2.30. The molecule has 2 amide bonds. The summed E-state index contributed by atoms with van der Waals surface area (Å²) in [5.41, 5.74) is 2.30. The molecular formula is C21H24ClN3O2. The number of nitrogens with zero attached hydrogens (tertiary/aromatic N) is 2. The van der Waals surface area contributed by atoms with Gasteiger partial charge in [0.15, 0.2) is 0 Å². The number of halogens is 1. The van der Waals surface area contributed by atoms with E-state index in [-0.39, 0.29) is 23.7 Å². The number of aryl methyl sites for hydroxylation is 1. The van der Waals surface area contributed by atoms with E-state index < -0.39 is 0 Å². The Morgan fingerprint density at radius 3 is 2.67 bits per heavy atom. The van der Waals surface area contributed by atoms with Crippen molar-refractivity contribution in [1.82, 2.24) is 9.88 Å². The van der Waals surface area contributed by atoms with E-state index in [2.05, 4.69) is 10.3 Å². The van der Waals surface area contributed by atoms with Crippen molar-refractivity contribution in [3.05, 3.63) is 58.9 Å². The Kier molecular flexibility index (Phi) is 6.11. The van der Waals surface area contributed by atoms with Gasteiger partial charge in [-0.05, 0) is 55.5 Å². The van der Waals surface area contributed by atoms with Gasteiger partial charge in [-0.1, -0.05) is 24.6 Å². The van der Waals surface area contributed by atoms with Crippen LogP contribution in [-0.4, -0.2) is 34.8 Å². The highest BCUT2D eigenvalue weighted by atomic mass is 35.5. The molecule has 3 rings (SSSR count). The number of amides is 2. The fourth-order valence-electron chi connectivity index (χ4n) is 3.52. The number of carbonyl (C=O) groups is 2. The van der Waals surface area contributed by atoms with Crippen molar-refractivity contribution in [2.75, 3.05) is 18.4 Å². The summed E-state index contributed by atoms with van der Waals surface area (Å²) in [5.74, 6) is 0.173. The Hall–Kier alpha value is -2.40. The van der Waals surface area contributed by atoms with Crippen LogP contribution in [0.25, 0.3) is 0 Å². The van der Waals surface area contributed by atoms with Gasteiger partial charge in [0.2, 0.25) is 5.91 Å². The van der Waals surface area contributed by atoms with Crippen LogP contribution in [-0.2, 0) is 4.79 Å². The molecule has 1 unspecified atom stereocenters. The number of benzene rings is 1. The molecular weight excluding hydrogens is 362 g/mol. The van der Waals surface area contributed by atoms with Gasteiger partial charge in [-0.15, -0.1) is 0 Å². The molecule has 0 aliphatic carbocycles. The molecule has 2 heterocycles. The van der Waals surface area contributed by atoms with E-state index in [1.165, 1.54) is 0 Å². The second kappa shape index (κ2) is 8.53. The summed E-state index contributed by atoms with van der Waals surface area (Å²) in [7, 11) is 0. The lowest BCUT2D eigenvalue weighted by atomic mass is 9.84. The van der Waals surface area contributed by atoms with E-state index in [9.17, 15) is 9.59 Å². The lowest BCUT2D eigenvalue weighted by Gasteiger charge is -2.34. The van der Waals surface area contributed by atoms with Gasteiger partial charge in [0.25, 0.3) is 5.91 Å². The van der Waals surface area contributed by atoms with Crippen LogP contribution in [0.5, 0.6) is 0 Å². The van der Waals surface area contributed by atoms with Gasteiger partial charge >= 0.3 is 0 Å². The van der Waals surface area contributed by atoms with Gasteiger partial charge in [-0.3, -0.25) is 14.6 Å². The van der Waals surface area contributed by atoms with Crippen LogP contribution >= 0.6 is 11.6 Å². The molecule has 1 atom stereocenters. The number of hydrogen-bond donors (Lipinski definition) is 1. The average Bonchev–Trinajstić information content (AvgIpc) is 2.67. The molecule has 1 aliphatic heterocycles. The van der Waals surface area contributed by atoms with Crippen molar-refractivity contribution in [2.24, 2.45) is 11.8 Å². The van der Waals surface area contributed by atoms with Crippen LogP contribution in [0.15, 0.2) is 42.7 Å². The molecule has 27 heavy (non-hydrogen) atoms. The zero-order valence-electron chi connectivity index (χ0n) is 15.6. The number of anilines is 1. The number of likely N-dealkylation sites (tertiary alicyclic amines) is 1. The highest BCUT2D eigenvalue weighted by Crippen LogP contribution is 2.27. The van der Waals surface area contributed by atoms with Gasteiger partial charge < -0.3 is 10.2 Å². The lowest BCUT2D eigenvalue weighted by molar-refractivity contribution is -0.121. The van der Waals surface area contributed by atoms with Crippen LogP contribution in [0.4, 0.5) is 5.69 Å². The molecule has 1 aromatic heterocycles. The maximum absolute atomic E-state index is 12.7. The number of nitrogens with one attached hydrogen (secondary N) is 1. The summed E-state index contributed by atoms with van der Waals surface area (Å²) in [6, 6.07) is 8.93. The maximum Gasteiger partial charge on any atom is 0.254 e. The molecule has 5 nitrogen and oxygen atoms in total. The average molecular weight is 386 g/mol. The molecule has 0 saturated carbocycles. The second-order valence-corrected chi connectivity index (χ2v) is 7.54. The molecule has 1 aliphatic rings. The molecule has 0 radical (unpaired) electrons. The number of aromatic nitrogens is 1. The first kappa shape index (κ1) is 19.4. The zero-order chi connectivity index (χ0) is 19.4. The molecule has 1 N–H and O–H groups in total. The Morgan fingerprint density at radius 1 is 1.26 bits per heavy atom. The number of rotatable bonds is 4. The van der Waals surface area contributed by atoms with Crippen LogP contribution in [0.3, 0.4) is 0 Å². The minimum absolute atomic E-state index is 0.00739. The fourth-order valence-corrected chi connectivity index (χ4v) is 3.71. The minimum Gasteiger partial charge on any atom is -0.339 e. The summed E-state index contributed by atoms with van der Waals surface area (Å²) in [4.78, 5) is 31.2. The number of pyridine rings is 1. The third-order valence-electron chi connectivity index (χ3n) is 5.29. The van der Waals surface area contributed by atoms with Crippen molar-refractivity contribution in [3.63, 3.8) is 0 Å². The molecule has 1 fully saturated rings. The predicted molar refractivity (Wildman–Crippen MR) is 107 cm³/mol. The predicted octanol–water partition coefficient (Wildman–Crippen LogP) is 4.17. The van der Waals surface area contributed by atoms with Crippen molar-refractivity contribution in [3.8, 4) is 0 Å². The first-order valence-electron chi connectivity index (χ1n) is 9.22. The normalized spacial score (nSPS) is 16.0. The first-order chi connectivity index (χ1) is 13.0. The second-order valence-electron chi connectivity index (χ2n) is 7.11. The van der Waals surface area contributed by atoms with Crippen LogP contribution in [0, 0.1) is 18.8 Å². The van der Waals surface area contributed by atoms with Crippen molar-refractivity contribution in [2.45, 2.75) is 26.7 Å². The first-order valence-corrected chi connectivity index (χ1v) is 9.60. The summed E-state index contributed by atoms with van der Waals surface area (Å²) in [6.07, 6.45) is 5.00. The molecule has 6 heteroatoms. The van der Waals surface area contributed by atoms with Gasteiger partial charge in [0.05, 0.1) is 0 Å². The van der Waals surface area contributed by atoms with E-state index in [4.69, 9.17) is 11.6 Å². The molecule has 142 valence electrons. The molecule has 2 aromatic rings. The largest absolute Gasteiger partial charge is 0.339 e. The monoisotopic (exact) mass is 385 g/mol. The van der Waals surface area contributed by atoms with Crippen molar-refractivity contribution < 1.29 is 9.59 Å².